The van der Waals surface area contributed by atoms with E-state index in [4.69, 9.17) is 14.2 Å². The molecule has 0 aromatic carbocycles. The Morgan fingerprint density at radius 3 is 0.849 bits per heavy atom. The van der Waals surface area contributed by atoms with Crippen LogP contribution < -0.4 is 0 Å². The second-order valence-corrected chi connectivity index (χ2v) is 20.9. The standard InChI is InChI=1S/C67H118O6/c1-4-7-10-13-16-19-22-25-27-29-31-33-35-37-39-42-45-48-51-54-57-60-66(69)72-63-64(62-71-65(68)59-56-53-50-47-44-41-24-21-18-15-12-9-6-3)73-67(70)61-58-55-52-49-46-43-40-38-36-34-32-30-28-26-23-20-17-14-11-8-5-2/h9,12,18,21-22,25,29,31,35,37,41,44,64H,4-8,10-11,13-17,19-20,23-24,26-28,30,32-34,36,38-40,42-43,45-63H2,1-3H3/b12-9-,21-18-,25-22-,31-29-,37-35-,44-41-. The number of esters is 3. The van der Waals surface area contributed by atoms with Crippen LogP contribution in [0, 0.1) is 0 Å². The summed E-state index contributed by atoms with van der Waals surface area (Å²) in [5.41, 5.74) is 0. The van der Waals surface area contributed by atoms with Crippen LogP contribution in [0.4, 0.5) is 0 Å². The average Bonchev–Trinajstić information content (AvgIpc) is 3.39. The third kappa shape index (κ3) is 59.6. The maximum atomic E-state index is 12.9. The molecule has 0 aromatic heterocycles. The summed E-state index contributed by atoms with van der Waals surface area (Å²) in [5, 5.41) is 0. The summed E-state index contributed by atoms with van der Waals surface area (Å²) in [7, 11) is 0. The summed E-state index contributed by atoms with van der Waals surface area (Å²) >= 11 is 0. The van der Waals surface area contributed by atoms with Crippen LogP contribution >= 0.6 is 0 Å². The van der Waals surface area contributed by atoms with Crippen molar-refractivity contribution in [1.82, 2.24) is 0 Å². The molecular weight excluding hydrogens is 901 g/mol. The molecule has 1 unspecified atom stereocenters. The molecule has 0 aliphatic carbocycles. The lowest BCUT2D eigenvalue weighted by molar-refractivity contribution is -0.167. The molecule has 0 saturated heterocycles. The summed E-state index contributed by atoms with van der Waals surface area (Å²) in [6, 6.07) is 0. The molecule has 0 N–H and O–H groups in total. The molecule has 73 heavy (non-hydrogen) atoms. The van der Waals surface area contributed by atoms with Crippen molar-refractivity contribution in [1.29, 1.82) is 0 Å². The molecule has 0 bridgehead atoms. The van der Waals surface area contributed by atoms with E-state index in [2.05, 4.69) is 93.7 Å². The van der Waals surface area contributed by atoms with Gasteiger partial charge in [0.2, 0.25) is 0 Å². The van der Waals surface area contributed by atoms with Crippen molar-refractivity contribution >= 4 is 17.9 Å². The first kappa shape index (κ1) is 69.8. The normalized spacial score (nSPS) is 12.5. The number of carbonyl (C=O) groups excluding carboxylic acids is 3. The highest BCUT2D eigenvalue weighted by molar-refractivity contribution is 5.71. The quantitative estimate of drug-likeness (QED) is 0.0261. The Balaban J connectivity index is 4.36. The molecular formula is C67H118O6. The van der Waals surface area contributed by atoms with Crippen LogP contribution in [0.3, 0.4) is 0 Å². The fourth-order valence-electron chi connectivity index (χ4n) is 9.00. The second kappa shape index (κ2) is 61.4. The van der Waals surface area contributed by atoms with Crippen molar-refractivity contribution in [2.45, 2.75) is 322 Å². The summed E-state index contributed by atoms with van der Waals surface area (Å²) in [6.45, 7) is 6.52. The highest BCUT2D eigenvalue weighted by atomic mass is 16.6. The molecule has 0 amide bonds. The van der Waals surface area contributed by atoms with Gasteiger partial charge in [-0.2, -0.15) is 0 Å². The van der Waals surface area contributed by atoms with Gasteiger partial charge in [-0.1, -0.05) is 280 Å². The van der Waals surface area contributed by atoms with Gasteiger partial charge in [0.15, 0.2) is 6.10 Å². The molecule has 0 rings (SSSR count). The smallest absolute Gasteiger partial charge is 0.306 e. The van der Waals surface area contributed by atoms with Gasteiger partial charge in [-0.25, -0.2) is 0 Å². The highest BCUT2D eigenvalue weighted by Crippen LogP contribution is 2.17. The van der Waals surface area contributed by atoms with Crippen molar-refractivity contribution in [2.24, 2.45) is 0 Å². The number of allylic oxidation sites excluding steroid dienone is 12. The van der Waals surface area contributed by atoms with Crippen LogP contribution in [-0.2, 0) is 28.6 Å². The zero-order valence-corrected chi connectivity index (χ0v) is 48.4. The second-order valence-electron chi connectivity index (χ2n) is 20.9. The Bertz CT molecular complexity index is 1360. The van der Waals surface area contributed by atoms with E-state index in [1.807, 2.05) is 0 Å². The van der Waals surface area contributed by atoms with Crippen LogP contribution in [0.25, 0.3) is 0 Å². The van der Waals surface area contributed by atoms with E-state index >= 15 is 0 Å². The Hall–Kier alpha value is -3.15. The molecule has 422 valence electrons. The first-order chi connectivity index (χ1) is 36.0. The van der Waals surface area contributed by atoms with Crippen LogP contribution in [0.1, 0.15) is 316 Å². The number of hydrogen-bond acceptors (Lipinski definition) is 6. The molecule has 6 nitrogen and oxygen atoms in total. The monoisotopic (exact) mass is 1020 g/mol. The molecule has 0 aliphatic heterocycles. The summed E-state index contributed by atoms with van der Waals surface area (Å²) in [4.78, 5) is 38.3. The summed E-state index contributed by atoms with van der Waals surface area (Å²) in [5.74, 6) is -0.916. The fourth-order valence-corrected chi connectivity index (χ4v) is 9.00. The first-order valence-corrected chi connectivity index (χ1v) is 31.4. The predicted molar refractivity (Wildman–Crippen MR) is 316 cm³/mol. The molecule has 1 atom stereocenters. The van der Waals surface area contributed by atoms with Crippen molar-refractivity contribution < 1.29 is 28.6 Å². The lowest BCUT2D eigenvalue weighted by atomic mass is 10.0. The van der Waals surface area contributed by atoms with Gasteiger partial charge in [-0.15, -0.1) is 0 Å². The van der Waals surface area contributed by atoms with E-state index in [9.17, 15) is 14.4 Å². The van der Waals surface area contributed by atoms with Crippen LogP contribution in [0.5, 0.6) is 0 Å². The van der Waals surface area contributed by atoms with E-state index in [-0.39, 0.29) is 31.1 Å². The Kier molecular flexibility index (Phi) is 58.7. The molecule has 0 aromatic rings. The topological polar surface area (TPSA) is 78.9 Å². The maximum Gasteiger partial charge on any atom is 0.306 e. The van der Waals surface area contributed by atoms with E-state index in [1.165, 1.54) is 173 Å². The minimum absolute atomic E-state index is 0.0895. The van der Waals surface area contributed by atoms with Crippen LogP contribution in [-0.4, -0.2) is 37.2 Å². The van der Waals surface area contributed by atoms with E-state index < -0.39 is 6.10 Å². The Morgan fingerprint density at radius 2 is 0.534 bits per heavy atom. The lowest BCUT2D eigenvalue weighted by Gasteiger charge is -2.18. The summed E-state index contributed by atoms with van der Waals surface area (Å²) < 4.78 is 16.9. The third-order valence-electron chi connectivity index (χ3n) is 13.7. The van der Waals surface area contributed by atoms with E-state index in [1.54, 1.807) is 0 Å². The van der Waals surface area contributed by atoms with Crippen molar-refractivity contribution in [3.05, 3.63) is 72.9 Å². The number of carbonyl (C=O) groups is 3. The van der Waals surface area contributed by atoms with Crippen molar-refractivity contribution in [2.75, 3.05) is 13.2 Å². The number of hydrogen-bond donors (Lipinski definition) is 0. The maximum absolute atomic E-state index is 12.9. The molecule has 0 radical (unpaired) electrons. The molecule has 0 heterocycles. The number of unbranched alkanes of at least 4 members (excludes halogenated alkanes) is 34. The van der Waals surface area contributed by atoms with Gasteiger partial charge in [-0.05, 0) is 89.9 Å². The van der Waals surface area contributed by atoms with Crippen molar-refractivity contribution in [3.63, 3.8) is 0 Å². The molecule has 0 fully saturated rings. The van der Waals surface area contributed by atoms with Gasteiger partial charge < -0.3 is 14.2 Å². The molecule has 0 aliphatic rings. The van der Waals surface area contributed by atoms with Crippen molar-refractivity contribution in [3.8, 4) is 0 Å². The zero-order chi connectivity index (χ0) is 52.9. The van der Waals surface area contributed by atoms with Crippen LogP contribution in [0.15, 0.2) is 72.9 Å². The zero-order valence-electron chi connectivity index (χ0n) is 48.4. The minimum atomic E-state index is -0.792. The van der Waals surface area contributed by atoms with Gasteiger partial charge in [0, 0.05) is 19.3 Å². The molecule has 0 spiro atoms. The highest BCUT2D eigenvalue weighted by Gasteiger charge is 2.19. The van der Waals surface area contributed by atoms with Gasteiger partial charge in [0.05, 0.1) is 0 Å². The SMILES string of the molecule is CC/C=C\C/C=C\C/C=C\CCCCCC(=O)OCC(COC(=O)CCCCCCCC/C=C\C/C=C\C/C=C\CCCCCCC)OC(=O)CCCCCCCCCCCCCCCCCCCCCCC. The van der Waals surface area contributed by atoms with E-state index in [0.29, 0.717) is 19.3 Å². The first-order valence-electron chi connectivity index (χ1n) is 31.4. The van der Waals surface area contributed by atoms with Gasteiger partial charge in [0.25, 0.3) is 0 Å². The number of rotatable bonds is 57. The van der Waals surface area contributed by atoms with E-state index in [0.717, 1.165) is 103 Å². The average molecular weight is 1020 g/mol. The fraction of sp³-hybridized carbons (Fsp3) is 0.776. The molecule has 6 heteroatoms. The number of ether oxygens (including phenoxy) is 3. The third-order valence-corrected chi connectivity index (χ3v) is 13.7. The van der Waals surface area contributed by atoms with Gasteiger partial charge >= 0.3 is 17.9 Å². The lowest BCUT2D eigenvalue weighted by Crippen LogP contribution is -2.30. The minimum Gasteiger partial charge on any atom is -0.462 e. The van der Waals surface area contributed by atoms with Gasteiger partial charge in [-0.3, -0.25) is 14.4 Å². The van der Waals surface area contributed by atoms with Crippen LogP contribution in [0.2, 0.25) is 0 Å². The molecule has 0 saturated carbocycles. The largest absolute Gasteiger partial charge is 0.462 e. The van der Waals surface area contributed by atoms with Gasteiger partial charge in [0.1, 0.15) is 13.2 Å². The predicted octanol–water partition coefficient (Wildman–Crippen LogP) is 21.3. The Morgan fingerprint density at radius 1 is 0.288 bits per heavy atom. The summed E-state index contributed by atoms with van der Waals surface area (Å²) in [6.07, 6.45) is 79.1. The Labute approximate surface area is 453 Å².